The van der Waals surface area contributed by atoms with Gasteiger partial charge in [-0.15, -0.1) is 0 Å². The van der Waals surface area contributed by atoms with E-state index < -0.39 is 36.0 Å². The SMILES string of the molecule is CC(C)[C@H](CC(=O)OCC1c2ccccc2-c2ccccc21)C(=O)N[C@@H](CCCNC(N)=O)C(=O)Cc1ccc(COC(=O)Nc2ccc(CN)cc2)cc1. The molecule has 12 nitrogen and oxygen atoms in total. The van der Waals surface area contributed by atoms with Gasteiger partial charge in [-0.25, -0.2) is 9.59 Å². The topological polar surface area (TPSA) is 192 Å². The van der Waals surface area contributed by atoms with Crippen LogP contribution in [0.4, 0.5) is 15.3 Å². The van der Waals surface area contributed by atoms with Crippen molar-refractivity contribution < 1.29 is 33.4 Å². The molecule has 55 heavy (non-hydrogen) atoms. The molecular weight excluding hydrogens is 699 g/mol. The molecular formula is C43H49N5O7. The maximum Gasteiger partial charge on any atom is 0.411 e. The normalized spacial score (nSPS) is 12.9. The zero-order chi connectivity index (χ0) is 39.3. The quantitative estimate of drug-likeness (QED) is 0.0609. The van der Waals surface area contributed by atoms with Gasteiger partial charge >= 0.3 is 18.1 Å². The zero-order valence-electron chi connectivity index (χ0n) is 31.2. The van der Waals surface area contributed by atoms with Crippen LogP contribution in [0.25, 0.3) is 11.1 Å². The summed E-state index contributed by atoms with van der Waals surface area (Å²) in [5.41, 5.74) is 18.2. The number of ether oxygens (including phenoxy) is 2. The first kappa shape index (κ1) is 40.2. The molecule has 0 spiro atoms. The number of anilines is 1. The molecule has 0 aromatic heterocycles. The van der Waals surface area contributed by atoms with E-state index in [0.717, 1.165) is 33.4 Å². The maximum atomic E-state index is 13.7. The molecule has 0 bridgehead atoms. The predicted octanol–water partition coefficient (Wildman–Crippen LogP) is 5.96. The molecule has 12 heteroatoms. The van der Waals surface area contributed by atoms with Crippen LogP contribution in [0.3, 0.4) is 0 Å². The molecule has 1 aliphatic carbocycles. The standard InChI is InChI=1S/C43H49N5O7/c1-27(2)36(23-40(50)54-26-37-34-10-5-3-8-32(34)33-9-4-6-11-35(33)37)41(51)48-38(12-7-21-46-42(45)52)39(49)22-28-13-15-30(16-14-28)25-55-43(53)47-31-19-17-29(24-44)18-20-31/h3-6,8-11,13-20,27,36-38H,7,12,21-26,44H2,1-2H3,(H,47,53)(H,48,51)(H3,45,46,52)/t36-,38-/m0/s1. The van der Waals surface area contributed by atoms with E-state index in [4.69, 9.17) is 20.9 Å². The van der Waals surface area contributed by atoms with Crippen LogP contribution < -0.4 is 27.4 Å². The van der Waals surface area contributed by atoms with Crippen molar-refractivity contribution in [2.24, 2.45) is 23.3 Å². The molecule has 5 rings (SSSR count). The van der Waals surface area contributed by atoms with E-state index in [1.807, 2.05) is 62.4 Å². The summed E-state index contributed by atoms with van der Waals surface area (Å²) in [6.45, 7) is 4.50. The van der Waals surface area contributed by atoms with Gasteiger partial charge in [0.1, 0.15) is 13.2 Å². The summed E-state index contributed by atoms with van der Waals surface area (Å²) in [5, 5.41) is 8.08. The summed E-state index contributed by atoms with van der Waals surface area (Å²) in [4.78, 5) is 64.1. The Morgan fingerprint density at radius 3 is 1.96 bits per heavy atom. The first-order chi connectivity index (χ1) is 26.5. The van der Waals surface area contributed by atoms with Gasteiger partial charge in [0.2, 0.25) is 5.91 Å². The van der Waals surface area contributed by atoms with E-state index in [1.54, 1.807) is 36.4 Å². The van der Waals surface area contributed by atoms with Crippen molar-refractivity contribution in [2.75, 3.05) is 18.5 Å². The van der Waals surface area contributed by atoms with Crippen molar-refractivity contribution >= 4 is 35.5 Å². The lowest BCUT2D eigenvalue weighted by Gasteiger charge is -2.24. The number of urea groups is 1. The molecule has 7 N–H and O–H groups in total. The van der Waals surface area contributed by atoms with E-state index >= 15 is 0 Å². The molecule has 288 valence electrons. The van der Waals surface area contributed by atoms with Crippen molar-refractivity contribution in [1.82, 2.24) is 10.6 Å². The Hall–Kier alpha value is -6.01. The number of Topliss-reactive ketones (excluding diaryl/α,β-unsaturated/α-hetero) is 1. The largest absolute Gasteiger partial charge is 0.465 e. The molecule has 1 aliphatic rings. The molecule has 0 radical (unpaired) electrons. The van der Waals surface area contributed by atoms with Gasteiger partial charge in [0.25, 0.3) is 0 Å². The Labute approximate surface area is 321 Å². The summed E-state index contributed by atoms with van der Waals surface area (Å²) < 4.78 is 11.1. The van der Waals surface area contributed by atoms with Crippen molar-refractivity contribution in [3.05, 3.63) is 125 Å². The van der Waals surface area contributed by atoms with Crippen LogP contribution >= 0.6 is 0 Å². The van der Waals surface area contributed by atoms with E-state index in [1.165, 1.54) is 0 Å². The fourth-order valence-electron chi connectivity index (χ4n) is 6.70. The molecule has 4 amide bonds. The lowest BCUT2D eigenvalue weighted by molar-refractivity contribution is -0.148. The van der Waals surface area contributed by atoms with Crippen LogP contribution in [0, 0.1) is 11.8 Å². The second-order valence-electron chi connectivity index (χ2n) is 14.0. The number of hydrogen-bond donors (Lipinski definition) is 5. The molecule has 0 aliphatic heterocycles. The number of benzene rings is 4. The van der Waals surface area contributed by atoms with Gasteiger partial charge < -0.3 is 31.6 Å². The number of ketones is 1. The highest BCUT2D eigenvalue weighted by molar-refractivity contribution is 5.92. The minimum Gasteiger partial charge on any atom is -0.465 e. The summed E-state index contributed by atoms with van der Waals surface area (Å²) >= 11 is 0. The molecule has 0 heterocycles. The van der Waals surface area contributed by atoms with E-state index in [0.29, 0.717) is 24.2 Å². The minimum atomic E-state index is -0.878. The van der Waals surface area contributed by atoms with Crippen LogP contribution in [0.5, 0.6) is 0 Å². The number of carbonyl (C=O) groups is 5. The van der Waals surface area contributed by atoms with Gasteiger partial charge in [-0.05, 0) is 69.8 Å². The average Bonchev–Trinajstić information content (AvgIpc) is 3.50. The number of carbonyl (C=O) groups excluding carboxylic acids is 5. The minimum absolute atomic E-state index is 0.0206. The van der Waals surface area contributed by atoms with Gasteiger partial charge in [0.15, 0.2) is 5.78 Å². The fourth-order valence-corrected chi connectivity index (χ4v) is 6.70. The van der Waals surface area contributed by atoms with E-state index in [2.05, 4.69) is 28.1 Å². The van der Waals surface area contributed by atoms with E-state index in [9.17, 15) is 24.0 Å². The van der Waals surface area contributed by atoms with Crippen molar-refractivity contribution in [3.8, 4) is 11.1 Å². The summed E-state index contributed by atoms with van der Waals surface area (Å²) in [7, 11) is 0. The number of nitrogens with one attached hydrogen (secondary N) is 3. The lowest BCUT2D eigenvalue weighted by atomic mass is 9.90. The number of nitrogens with two attached hydrogens (primary N) is 2. The third kappa shape index (κ3) is 11.2. The third-order valence-corrected chi connectivity index (χ3v) is 9.78. The van der Waals surface area contributed by atoms with Crippen molar-refractivity contribution in [1.29, 1.82) is 0 Å². The smallest absolute Gasteiger partial charge is 0.411 e. The van der Waals surface area contributed by atoms with Crippen LogP contribution in [-0.4, -0.2) is 49.0 Å². The van der Waals surface area contributed by atoms with Gasteiger partial charge in [0, 0.05) is 31.1 Å². The van der Waals surface area contributed by atoms with Crippen molar-refractivity contribution in [2.45, 2.75) is 64.6 Å². The molecule has 2 atom stereocenters. The molecule has 0 saturated heterocycles. The molecule has 0 fully saturated rings. The number of hydrogen-bond acceptors (Lipinski definition) is 8. The molecule has 4 aromatic carbocycles. The highest BCUT2D eigenvalue weighted by atomic mass is 16.5. The summed E-state index contributed by atoms with van der Waals surface area (Å²) in [6, 6.07) is 28.8. The Bertz CT molecular complexity index is 1920. The first-order valence-corrected chi connectivity index (χ1v) is 18.5. The summed E-state index contributed by atoms with van der Waals surface area (Å²) in [5.74, 6) is -2.22. The summed E-state index contributed by atoms with van der Waals surface area (Å²) in [6.07, 6.45) is -0.105. The van der Waals surface area contributed by atoms with Gasteiger partial charge in [-0.2, -0.15) is 0 Å². The predicted molar refractivity (Wildman–Crippen MR) is 210 cm³/mol. The second kappa shape index (κ2) is 19.4. The van der Waals surface area contributed by atoms with Crippen molar-refractivity contribution in [3.63, 3.8) is 0 Å². The second-order valence-corrected chi connectivity index (χ2v) is 14.0. The Morgan fingerprint density at radius 1 is 0.764 bits per heavy atom. The number of amides is 4. The van der Waals surface area contributed by atoms with Gasteiger partial charge in [-0.3, -0.25) is 19.7 Å². The fraction of sp³-hybridized carbons (Fsp3) is 0.326. The number of fused-ring (bicyclic) bond motifs is 3. The molecule has 0 saturated carbocycles. The highest BCUT2D eigenvalue weighted by Crippen LogP contribution is 2.44. The van der Waals surface area contributed by atoms with Gasteiger partial charge in [0.05, 0.1) is 18.4 Å². The van der Waals surface area contributed by atoms with Crippen LogP contribution in [0.1, 0.15) is 66.8 Å². The Balaban J connectivity index is 1.16. The molecule has 0 unspecified atom stereocenters. The van der Waals surface area contributed by atoms with Crippen LogP contribution in [-0.2, 0) is 43.4 Å². The Kier molecular flexibility index (Phi) is 14.1. The average molecular weight is 748 g/mol. The number of rotatable bonds is 18. The lowest BCUT2D eigenvalue weighted by Crippen LogP contribution is -2.46. The third-order valence-electron chi connectivity index (χ3n) is 9.78. The maximum absolute atomic E-state index is 13.7. The monoisotopic (exact) mass is 747 g/mol. The first-order valence-electron chi connectivity index (χ1n) is 18.5. The molecule has 4 aromatic rings. The highest BCUT2D eigenvalue weighted by Gasteiger charge is 2.32. The number of primary amides is 1. The Morgan fingerprint density at radius 2 is 1.36 bits per heavy atom. The number of esters is 1. The van der Waals surface area contributed by atoms with Crippen LogP contribution in [0.15, 0.2) is 97.1 Å². The zero-order valence-corrected chi connectivity index (χ0v) is 31.2. The van der Waals surface area contributed by atoms with E-state index in [-0.39, 0.29) is 56.6 Å². The van der Waals surface area contributed by atoms with Crippen LogP contribution in [0.2, 0.25) is 0 Å². The van der Waals surface area contributed by atoms with Gasteiger partial charge in [-0.1, -0.05) is 98.8 Å².